The van der Waals surface area contributed by atoms with Crippen LogP contribution >= 0.6 is 35.0 Å². The number of rotatable bonds is 11. The molecule has 0 unspecified atom stereocenters. The quantitative estimate of drug-likeness (QED) is 0.319. The number of benzene rings is 2. The Morgan fingerprint density at radius 2 is 1.73 bits per heavy atom. The molecule has 0 aliphatic rings. The number of thioether (sulfide) groups is 1. The molecule has 2 atom stereocenters. The highest BCUT2D eigenvalue weighted by molar-refractivity contribution is 7.99. The third-order valence-electron chi connectivity index (χ3n) is 5.15. The van der Waals surface area contributed by atoms with Crippen molar-refractivity contribution < 1.29 is 14.5 Å². The van der Waals surface area contributed by atoms with Crippen LogP contribution in [0.4, 0.5) is 5.69 Å². The summed E-state index contributed by atoms with van der Waals surface area (Å²) in [7, 11) is 0. The summed E-state index contributed by atoms with van der Waals surface area (Å²) in [4.78, 5) is 37.7. The summed E-state index contributed by atoms with van der Waals surface area (Å²) in [6.07, 6.45) is 0.782. The van der Waals surface area contributed by atoms with Gasteiger partial charge in [-0.1, -0.05) is 48.3 Å². The molecular formula is C23H27Cl2N3O4S. The highest BCUT2D eigenvalue weighted by Gasteiger charge is 2.26. The second-order valence-electron chi connectivity index (χ2n) is 7.68. The maximum absolute atomic E-state index is 13.1. The first-order valence-electron chi connectivity index (χ1n) is 10.5. The van der Waals surface area contributed by atoms with Crippen LogP contribution in [0.1, 0.15) is 38.3 Å². The number of nitro benzene ring substituents is 1. The van der Waals surface area contributed by atoms with Gasteiger partial charge in [0.15, 0.2) is 0 Å². The lowest BCUT2D eigenvalue weighted by atomic mass is 10.1. The summed E-state index contributed by atoms with van der Waals surface area (Å²) in [6, 6.07) is 10.7. The molecule has 0 saturated carbocycles. The van der Waals surface area contributed by atoms with Crippen molar-refractivity contribution in [1.29, 1.82) is 0 Å². The Hall–Kier alpha value is -2.29. The van der Waals surface area contributed by atoms with Gasteiger partial charge in [-0.05, 0) is 43.5 Å². The van der Waals surface area contributed by atoms with Crippen molar-refractivity contribution in [1.82, 2.24) is 10.2 Å². The number of hydrogen-bond donors (Lipinski definition) is 1. The molecule has 2 rings (SSSR count). The Morgan fingerprint density at radius 1 is 1.09 bits per heavy atom. The maximum atomic E-state index is 13.1. The molecule has 0 heterocycles. The van der Waals surface area contributed by atoms with Gasteiger partial charge in [0, 0.05) is 30.5 Å². The van der Waals surface area contributed by atoms with Crippen molar-refractivity contribution >= 4 is 52.5 Å². The van der Waals surface area contributed by atoms with Crippen LogP contribution in [0.15, 0.2) is 42.5 Å². The Bertz CT molecular complexity index is 988. The van der Waals surface area contributed by atoms with Gasteiger partial charge in [-0.15, -0.1) is 11.8 Å². The van der Waals surface area contributed by atoms with Crippen LogP contribution in [0.3, 0.4) is 0 Å². The minimum atomic E-state index is -0.680. The molecule has 33 heavy (non-hydrogen) atoms. The van der Waals surface area contributed by atoms with Crippen LogP contribution in [0.5, 0.6) is 0 Å². The Kier molecular flexibility index (Phi) is 10.5. The van der Waals surface area contributed by atoms with E-state index in [4.69, 9.17) is 23.2 Å². The highest BCUT2D eigenvalue weighted by atomic mass is 35.5. The normalized spacial score (nSPS) is 12.6. The minimum absolute atomic E-state index is 0.00149. The zero-order chi connectivity index (χ0) is 24.5. The van der Waals surface area contributed by atoms with Gasteiger partial charge in [0.25, 0.3) is 5.69 Å². The number of nitrogens with one attached hydrogen (secondary N) is 1. The third kappa shape index (κ3) is 8.21. The topological polar surface area (TPSA) is 92.6 Å². The zero-order valence-electron chi connectivity index (χ0n) is 18.7. The highest BCUT2D eigenvalue weighted by Crippen LogP contribution is 2.24. The molecule has 178 valence electrons. The molecule has 0 aromatic heterocycles. The zero-order valence-corrected chi connectivity index (χ0v) is 21.0. The molecule has 2 aromatic carbocycles. The number of nitro groups is 1. The van der Waals surface area contributed by atoms with E-state index >= 15 is 0 Å². The molecule has 1 N–H and O–H groups in total. The number of carbonyl (C=O) groups is 2. The van der Waals surface area contributed by atoms with E-state index in [0.29, 0.717) is 15.8 Å². The van der Waals surface area contributed by atoms with E-state index < -0.39 is 11.0 Å². The van der Waals surface area contributed by atoms with Gasteiger partial charge >= 0.3 is 0 Å². The van der Waals surface area contributed by atoms with E-state index in [1.807, 2.05) is 13.8 Å². The number of nitrogens with zero attached hydrogens (tertiary/aromatic N) is 2. The fourth-order valence-electron chi connectivity index (χ4n) is 2.94. The maximum Gasteiger partial charge on any atom is 0.269 e. The van der Waals surface area contributed by atoms with Gasteiger partial charge in [0.1, 0.15) is 6.04 Å². The van der Waals surface area contributed by atoms with E-state index in [1.165, 1.54) is 28.8 Å². The first-order valence-corrected chi connectivity index (χ1v) is 12.4. The van der Waals surface area contributed by atoms with E-state index in [2.05, 4.69) is 5.32 Å². The van der Waals surface area contributed by atoms with E-state index in [-0.39, 0.29) is 35.8 Å². The minimum Gasteiger partial charge on any atom is -0.352 e. The van der Waals surface area contributed by atoms with Gasteiger partial charge in [-0.25, -0.2) is 0 Å². The van der Waals surface area contributed by atoms with Crippen LogP contribution in [0.2, 0.25) is 10.0 Å². The number of amides is 2. The Balaban J connectivity index is 2.09. The molecule has 0 aliphatic heterocycles. The van der Waals surface area contributed by atoms with Crippen molar-refractivity contribution in [2.45, 2.75) is 51.6 Å². The van der Waals surface area contributed by atoms with Gasteiger partial charge in [0.2, 0.25) is 11.8 Å². The molecule has 0 spiro atoms. The second-order valence-corrected chi connectivity index (χ2v) is 9.48. The molecule has 0 aliphatic carbocycles. The summed E-state index contributed by atoms with van der Waals surface area (Å²) in [5, 5.41) is 14.5. The summed E-state index contributed by atoms with van der Waals surface area (Å²) in [6.45, 7) is 5.80. The van der Waals surface area contributed by atoms with Gasteiger partial charge in [0.05, 0.1) is 20.7 Å². The molecular weight excluding hydrogens is 485 g/mol. The number of hydrogen-bond acceptors (Lipinski definition) is 5. The van der Waals surface area contributed by atoms with Crippen molar-refractivity contribution in [2.24, 2.45) is 0 Å². The van der Waals surface area contributed by atoms with Crippen molar-refractivity contribution in [3.63, 3.8) is 0 Å². The monoisotopic (exact) mass is 511 g/mol. The van der Waals surface area contributed by atoms with Crippen LogP contribution in [-0.4, -0.2) is 39.5 Å². The first kappa shape index (κ1) is 27.0. The van der Waals surface area contributed by atoms with Crippen molar-refractivity contribution in [3.8, 4) is 0 Å². The molecule has 0 bridgehead atoms. The van der Waals surface area contributed by atoms with Crippen LogP contribution < -0.4 is 5.32 Å². The van der Waals surface area contributed by atoms with Crippen LogP contribution in [-0.2, 0) is 21.9 Å². The molecule has 2 aromatic rings. The van der Waals surface area contributed by atoms with E-state index in [0.717, 1.165) is 17.5 Å². The van der Waals surface area contributed by atoms with Gasteiger partial charge < -0.3 is 10.2 Å². The van der Waals surface area contributed by atoms with Crippen LogP contribution in [0, 0.1) is 10.1 Å². The lowest BCUT2D eigenvalue weighted by molar-refractivity contribution is -0.384. The first-order chi connectivity index (χ1) is 15.6. The molecule has 10 heteroatoms. The average molecular weight is 512 g/mol. The lowest BCUT2D eigenvalue weighted by Crippen LogP contribution is -2.50. The molecule has 0 saturated heterocycles. The van der Waals surface area contributed by atoms with E-state index in [9.17, 15) is 19.7 Å². The molecule has 2 amide bonds. The molecule has 0 radical (unpaired) electrons. The molecule has 7 nitrogen and oxygen atoms in total. The summed E-state index contributed by atoms with van der Waals surface area (Å²) < 4.78 is 0. The van der Waals surface area contributed by atoms with Crippen molar-refractivity contribution in [3.05, 3.63) is 73.8 Å². The summed E-state index contributed by atoms with van der Waals surface area (Å²) in [5.74, 6) is 0.245. The standard InChI is InChI=1S/C23H27Cl2N3O4S/c1-4-15(2)26-23(30)16(3)27(12-18-7-10-20(24)21(25)11-18)22(29)14-33-13-17-5-8-19(9-6-17)28(31)32/h5-11,15-16H,4,12-14H2,1-3H3,(H,26,30)/t15-,16+/m0/s1. The SMILES string of the molecule is CC[C@H](C)NC(=O)[C@@H](C)N(Cc1ccc(Cl)c(Cl)c1)C(=O)CSCc1ccc([N+](=O)[O-])cc1. The fourth-order valence-corrected chi connectivity index (χ4v) is 4.13. The fraction of sp³-hybridized carbons (Fsp3) is 0.391. The predicted molar refractivity (Wildman–Crippen MR) is 134 cm³/mol. The van der Waals surface area contributed by atoms with Crippen molar-refractivity contribution in [2.75, 3.05) is 5.75 Å². The van der Waals surface area contributed by atoms with E-state index in [1.54, 1.807) is 37.3 Å². The van der Waals surface area contributed by atoms with Crippen LogP contribution in [0.25, 0.3) is 0 Å². The largest absolute Gasteiger partial charge is 0.352 e. The number of halogens is 2. The Labute approximate surface area is 208 Å². The Morgan fingerprint density at radius 3 is 2.30 bits per heavy atom. The number of non-ortho nitro benzene ring substituents is 1. The smallest absolute Gasteiger partial charge is 0.269 e. The summed E-state index contributed by atoms with van der Waals surface area (Å²) in [5.41, 5.74) is 1.66. The van der Waals surface area contributed by atoms with Gasteiger partial charge in [-0.2, -0.15) is 0 Å². The average Bonchev–Trinajstić information content (AvgIpc) is 2.79. The summed E-state index contributed by atoms with van der Waals surface area (Å²) >= 11 is 13.5. The second kappa shape index (κ2) is 12.8. The third-order valence-corrected chi connectivity index (χ3v) is 6.87. The molecule has 0 fully saturated rings. The lowest BCUT2D eigenvalue weighted by Gasteiger charge is -2.29. The predicted octanol–water partition coefficient (Wildman–Crippen LogP) is 5.47. The number of carbonyl (C=O) groups excluding carboxylic acids is 2. The van der Waals surface area contributed by atoms with Gasteiger partial charge in [-0.3, -0.25) is 19.7 Å².